The monoisotopic (exact) mass is 234 g/mol. The zero-order chi connectivity index (χ0) is 12.1. The van der Waals surface area contributed by atoms with Crippen LogP contribution in [0.15, 0.2) is 0 Å². The summed E-state index contributed by atoms with van der Waals surface area (Å²) in [5.41, 5.74) is 0. The summed E-state index contributed by atoms with van der Waals surface area (Å²) in [7, 11) is -2.22. The van der Waals surface area contributed by atoms with Gasteiger partial charge in [0, 0.05) is 13.6 Å². The standard InChI is InChI=1S/C8H14N2O4S/c1-7(5-9)6-10(2)15(13,14)4-3-8(11)12/h7H,3-4,6H2,1-2H3,(H,11,12). The normalized spacial score (nSPS) is 13.5. The molecule has 0 saturated heterocycles. The molecule has 0 aliphatic rings. The van der Waals surface area contributed by atoms with Crippen LogP contribution in [0.25, 0.3) is 0 Å². The lowest BCUT2D eigenvalue weighted by molar-refractivity contribution is -0.136. The van der Waals surface area contributed by atoms with E-state index in [0.717, 1.165) is 4.31 Å². The van der Waals surface area contributed by atoms with Crippen LogP contribution < -0.4 is 0 Å². The van der Waals surface area contributed by atoms with Gasteiger partial charge >= 0.3 is 5.97 Å². The summed E-state index contributed by atoms with van der Waals surface area (Å²) in [5, 5.41) is 16.9. The van der Waals surface area contributed by atoms with Crippen LogP contribution in [0, 0.1) is 17.2 Å². The first kappa shape index (κ1) is 13.9. The van der Waals surface area contributed by atoms with Gasteiger partial charge in [-0.15, -0.1) is 0 Å². The van der Waals surface area contributed by atoms with Crippen LogP contribution in [0.3, 0.4) is 0 Å². The number of rotatable bonds is 6. The first-order valence-electron chi connectivity index (χ1n) is 4.35. The van der Waals surface area contributed by atoms with E-state index < -0.39 is 34.1 Å². The van der Waals surface area contributed by atoms with Crippen molar-refractivity contribution in [2.45, 2.75) is 13.3 Å². The number of aliphatic carboxylic acids is 1. The average molecular weight is 234 g/mol. The molecule has 1 atom stereocenters. The molecular weight excluding hydrogens is 220 g/mol. The van der Waals surface area contributed by atoms with Crippen molar-refractivity contribution in [3.8, 4) is 6.07 Å². The Morgan fingerprint density at radius 1 is 1.60 bits per heavy atom. The van der Waals surface area contributed by atoms with Crippen LogP contribution in [-0.4, -0.2) is 43.1 Å². The minimum absolute atomic E-state index is 0.0818. The van der Waals surface area contributed by atoms with Crippen LogP contribution in [-0.2, 0) is 14.8 Å². The van der Waals surface area contributed by atoms with E-state index in [-0.39, 0.29) is 6.54 Å². The van der Waals surface area contributed by atoms with E-state index in [4.69, 9.17) is 10.4 Å². The van der Waals surface area contributed by atoms with Gasteiger partial charge in [-0.2, -0.15) is 5.26 Å². The maximum atomic E-state index is 11.4. The van der Waals surface area contributed by atoms with Crippen molar-refractivity contribution in [1.82, 2.24) is 4.31 Å². The van der Waals surface area contributed by atoms with Gasteiger partial charge in [0.2, 0.25) is 10.0 Å². The fraction of sp³-hybridized carbons (Fsp3) is 0.750. The highest BCUT2D eigenvalue weighted by molar-refractivity contribution is 7.89. The van der Waals surface area contributed by atoms with Gasteiger partial charge in [0.15, 0.2) is 0 Å². The van der Waals surface area contributed by atoms with Crippen molar-refractivity contribution < 1.29 is 18.3 Å². The van der Waals surface area contributed by atoms with E-state index in [9.17, 15) is 13.2 Å². The summed E-state index contributed by atoms with van der Waals surface area (Å²) in [6.07, 6.45) is -0.423. The minimum Gasteiger partial charge on any atom is -0.481 e. The zero-order valence-electron chi connectivity index (χ0n) is 8.67. The molecule has 0 radical (unpaired) electrons. The van der Waals surface area contributed by atoms with Crippen LogP contribution in [0.5, 0.6) is 0 Å². The second kappa shape index (κ2) is 5.68. The second-order valence-corrected chi connectivity index (χ2v) is 5.47. The molecule has 0 heterocycles. The van der Waals surface area contributed by atoms with Gasteiger partial charge < -0.3 is 5.11 Å². The number of sulfonamides is 1. The predicted molar refractivity (Wildman–Crippen MR) is 53.4 cm³/mol. The maximum Gasteiger partial charge on any atom is 0.304 e. The predicted octanol–water partition coefficient (Wildman–Crippen LogP) is -0.118. The van der Waals surface area contributed by atoms with E-state index in [0.29, 0.717) is 0 Å². The largest absolute Gasteiger partial charge is 0.481 e. The molecule has 0 spiro atoms. The van der Waals surface area contributed by atoms with E-state index in [1.54, 1.807) is 6.92 Å². The molecule has 0 aromatic heterocycles. The fourth-order valence-electron chi connectivity index (χ4n) is 0.912. The van der Waals surface area contributed by atoms with Gasteiger partial charge in [0.1, 0.15) is 0 Å². The van der Waals surface area contributed by atoms with Crippen LogP contribution in [0.2, 0.25) is 0 Å². The minimum atomic E-state index is -3.56. The molecule has 7 heteroatoms. The topological polar surface area (TPSA) is 98.5 Å². The molecule has 0 fully saturated rings. The highest BCUT2D eigenvalue weighted by atomic mass is 32.2. The molecule has 1 unspecified atom stereocenters. The first-order valence-corrected chi connectivity index (χ1v) is 5.96. The van der Waals surface area contributed by atoms with E-state index in [2.05, 4.69) is 0 Å². The fourth-order valence-corrected chi connectivity index (χ4v) is 2.11. The van der Waals surface area contributed by atoms with Gasteiger partial charge in [-0.3, -0.25) is 4.79 Å². The Morgan fingerprint density at radius 2 is 2.13 bits per heavy atom. The van der Waals surface area contributed by atoms with Crippen molar-refractivity contribution in [1.29, 1.82) is 5.26 Å². The average Bonchev–Trinajstić information content (AvgIpc) is 2.14. The third kappa shape index (κ3) is 5.34. The van der Waals surface area contributed by atoms with Gasteiger partial charge in [0.25, 0.3) is 0 Å². The SMILES string of the molecule is CC(C#N)CN(C)S(=O)(=O)CCC(=O)O. The molecule has 0 rings (SSSR count). The Bertz CT molecular complexity index is 357. The summed E-state index contributed by atoms with van der Waals surface area (Å²) in [6.45, 7) is 1.68. The van der Waals surface area contributed by atoms with E-state index in [1.807, 2.05) is 6.07 Å². The lowest BCUT2D eigenvalue weighted by Crippen LogP contribution is -2.33. The quantitative estimate of drug-likeness (QED) is 0.691. The van der Waals surface area contributed by atoms with Crippen LogP contribution in [0.4, 0.5) is 0 Å². The molecule has 0 aromatic rings. The Kier molecular flexibility index (Phi) is 5.25. The maximum absolute atomic E-state index is 11.4. The Balaban J connectivity index is 4.34. The molecule has 15 heavy (non-hydrogen) atoms. The molecule has 0 amide bonds. The third-order valence-corrected chi connectivity index (χ3v) is 3.62. The van der Waals surface area contributed by atoms with Crippen molar-refractivity contribution in [2.24, 2.45) is 5.92 Å². The summed E-state index contributed by atoms with van der Waals surface area (Å²) in [5.74, 6) is -1.99. The Morgan fingerprint density at radius 3 is 2.53 bits per heavy atom. The summed E-state index contributed by atoms with van der Waals surface area (Å²) in [6, 6.07) is 1.91. The summed E-state index contributed by atoms with van der Waals surface area (Å²) >= 11 is 0. The molecule has 1 N–H and O–H groups in total. The lowest BCUT2D eigenvalue weighted by Gasteiger charge is -2.17. The molecular formula is C8H14N2O4S. The highest BCUT2D eigenvalue weighted by Gasteiger charge is 2.20. The molecule has 0 saturated carbocycles. The smallest absolute Gasteiger partial charge is 0.304 e. The van der Waals surface area contributed by atoms with Crippen LogP contribution in [0.1, 0.15) is 13.3 Å². The van der Waals surface area contributed by atoms with Gasteiger partial charge in [0.05, 0.1) is 24.2 Å². The third-order valence-electron chi connectivity index (χ3n) is 1.80. The van der Waals surface area contributed by atoms with Crippen LogP contribution >= 0.6 is 0 Å². The lowest BCUT2D eigenvalue weighted by atomic mass is 10.2. The molecule has 0 aromatic carbocycles. The summed E-state index contributed by atoms with van der Waals surface area (Å²) < 4.78 is 23.9. The van der Waals surface area contributed by atoms with E-state index in [1.165, 1.54) is 7.05 Å². The summed E-state index contributed by atoms with van der Waals surface area (Å²) in [4.78, 5) is 10.2. The van der Waals surface area contributed by atoms with Crippen molar-refractivity contribution in [3.63, 3.8) is 0 Å². The van der Waals surface area contributed by atoms with Crippen molar-refractivity contribution in [3.05, 3.63) is 0 Å². The Labute approximate surface area is 89.2 Å². The number of carbonyl (C=O) groups is 1. The van der Waals surface area contributed by atoms with Gasteiger partial charge in [-0.25, -0.2) is 12.7 Å². The van der Waals surface area contributed by atoms with E-state index >= 15 is 0 Å². The molecule has 86 valence electrons. The zero-order valence-corrected chi connectivity index (χ0v) is 9.49. The number of carboxylic acids is 1. The van der Waals surface area contributed by atoms with Crippen molar-refractivity contribution >= 4 is 16.0 Å². The molecule has 6 nitrogen and oxygen atoms in total. The number of carboxylic acid groups (broad SMARTS) is 1. The highest BCUT2D eigenvalue weighted by Crippen LogP contribution is 2.04. The number of hydrogen-bond acceptors (Lipinski definition) is 4. The van der Waals surface area contributed by atoms with Gasteiger partial charge in [-0.05, 0) is 6.92 Å². The molecule has 0 bridgehead atoms. The van der Waals surface area contributed by atoms with Gasteiger partial charge in [-0.1, -0.05) is 0 Å². The van der Waals surface area contributed by atoms with Crippen molar-refractivity contribution in [2.75, 3.05) is 19.3 Å². The number of hydrogen-bond donors (Lipinski definition) is 1. The molecule has 0 aliphatic heterocycles. The number of nitrogens with zero attached hydrogens (tertiary/aromatic N) is 2. The Hall–Kier alpha value is -1.13. The second-order valence-electron chi connectivity index (χ2n) is 3.27. The first-order chi connectivity index (χ1) is 6.79. The molecule has 0 aliphatic carbocycles. The number of nitriles is 1.